The van der Waals surface area contributed by atoms with Crippen molar-refractivity contribution >= 4 is 22.5 Å². The fourth-order valence-corrected chi connectivity index (χ4v) is 2.70. The Morgan fingerprint density at radius 3 is 2.73 bits per heavy atom. The Hall–Kier alpha value is -2.17. The highest BCUT2D eigenvalue weighted by molar-refractivity contribution is 6.31. The van der Waals surface area contributed by atoms with Gasteiger partial charge in [0.2, 0.25) is 0 Å². The number of hydrogen-bond acceptors (Lipinski definition) is 3. The standard InChI is InChI=1S/C17H16ClN3O/c1-11(12-6-2-4-8-14(12)18)19-10-16-20-15-9-5-3-7-13(15)17(22)21-16/h2-9,11,19H,10H2,1H3,(H,20,21,22)/t11-/m1/s1. The number of H-pyrrole nitrogens is 1. The minimum absolute atomic E-state index is 0.0606. The maximum absolute atomic E-state index is 12.0. The van der Waals surface area contributed by atoms with Gasteiger partial charge in [-0.2, -0.15) is 0 Å². The number of benzene rings is 2. The van der Waals surface area contributed by atoms with Crippen molar-refractivity contribution < 1.29 is 0 Å². The maximum Gasteiger partial charge on any atom is 0.258 e. The second kappa shape index (κ2) is 6.30. The van der Waals surface area contributed by atoms with E-state index in [1.807, 2.05) is 49.4 Å². The number of rotatable bonds is 4. The van der Waals surface area contributed by atoms with E-state index in [1.54, 1.807) is 6.07 Å². The summed E-state index contributed by atoms with van der Waals surface area (Å²) in [4.78, 5) is 19.3. The number of fused-ring (bicyclic) bond motifs is 1. The highest BCUT2D eigenvalue weighted by Crippen LogP contribution is 2.22. The first-order chi connectivity index (χ1) is 10.6. The fraction of sp³-hybridized carbons (Fsp3) is 0.176. The van der Waals surface area contributed by atoms with Crippen LogP contribution < -0.4 is 10.9 Å². The van der Waals surface area contributed by atoms with Crippen molar-refractivity contribution in [2.45, 2.75) is 19.5 Å². The van der Waals surface area contributed by atoms with Crippen molar-refractivity contribution in [3.8, 4) is 0 Å². The Labute approximate surface area is 133 Å². The predicted molar refractivity (Wildman–Crippen MR) is 89.1 cm³/mol. The topological polar surface area (TPSA) is 57.8 Å². The zero-order chi connectivity index (χ0) is 15.5. The SMILES string of the molecule is C[C@@H](NCc1nc2ccccc2c(=O)[nH]1)c1ccccc1Cl. The number of nitrogens with zero attached hydrogens (tertiary/aromatic N) is 1. The molecular weight excluding hydrogens is 298 g/mol. The van der Waals surface area contributed by atoms with Crippen molar-refractivity contribution in [1.82, 2.24) is 15.3 Å². The van der Waals surface area contributed by atoms with Crippen LogP contribution in [0.5, 0.6) is 0 Å². The molecule has 0 unspecified atom stereocenters. The van der Waals surface area contributed by atoms with Crippen molar-refractivity contribution in [3.63, 3.8) is 0 Å². The molecule has 0 aliphatic rings. The van der Waals surface area contributed by atoms with E-state index < -0.39 is 0 Å². The van der Waals surface area contributed by atoms with Crippen molar-refractivity contribution in [2.75, 3.05) is 0 Å². The van der Waals surface area contributed by atoms with Crippen LogP contribution in [0.25, 0.3) is 10.9 Å². The largest absolute Gasteiger partial charge is 0.309 e. The third-order valence-electron chi connectivity index (χ3n) is 3.61. The lowest BCUT2D eigenvalue weighted by Crippen LogP contribution is -2.22. The minimum atomic E-state index is -0.118. The van der Waals surface area contributed by atoms with Gasteiger partial charge in [-0.15, -0.1) is 0 Å². The monoisotopic (exact) mass is 313 g/mol. The van der Waals surface area contributed by atoms with Gasteiger partial charge in [0.05, 0.1) is 17.4 Å². The fourth-order valence-electron chi connectivity index (χ4n) is 2.40. The molecule has 0 spiro atoms. The first-order valence-corrected chi connectivity index (χ1v) is 7.48. The lowest BCUT2D eigenvalue weighted by Gasteiger charge is -2.15. The Bertz CT molecular complexity index is 860. The molecule has 0 radical (unpaired) electrons. The molecule has 22 heavy (non-hydrogen) atoms. The first-order valence-electron chi connectivity index (χ1n) is 7.11. The number of halogens is 1. The van der Waals surface area contributed by atoms with Crippen LogP contribution in [-0.4, -0.2) is 9.97 Å². The van der Waals surface area contributed by atoms with Gasteiger partial charge in [0.25, 0.3) is 5.56 Å². The molecule has 0 bridgehead atoms. The predicted octanol–water partition coefficient (Wildman–Crippen LogP) is 3.43. The summed E-state index contributed by atoms with van der Waals surface area (Å²) in [6.45, 7) is 2.49. The van der Waals surface area contributed by atoms with Gasteiger partial charge in [0.1, 0.15) is 5.82 Å². The molecule has 0 fully saturated rings. The second-order valence-electron chi connectivity index (χ2n) is 5.15. The lowest BCUT2D eigenvalue weighted by molar-refractivity contribution is 0.559. The molecule has 3 aromatic rings. The minimum Gasteiger partial charge on any atom is -0.309 e. The number of hydrogen-bond donors (Lipinski definition) is 2. The maximum atomic E-state index is 12.0. The lowest BCUT2D eigenvalue weighted by atomic mass is 10.1. The van der Waals surface area contributed by atoms with Gasteiger partial charge in [-0.1, -0.05) is 41.9 Å². The molecule has 0 aliphatic carbocycles. The van der Waals surface area contributed by atoms with Crippen LogP contribution in [0.2, 0.25) is 5.02 Å². The van der Waals surface area contributed by atoms with Gasteiger partial charge in [-0.25, -0.2) is 4.98 Å². The van der Waals surface area contributed by atoms with E-state index in [2.05, 4.69) is 15.3 Å². The van der Waals surface area contributed by atoms with Crippen molar-refractivity contribution in [3.05, 3.63) is 75.3 Å². The summed E-state index contributed by atoms with van der Waals surface area (Å²) >= 11 is 6.19. The van der Waals surface area contributed by atoms with E-state index in [0.717, 1.165) is 10.6 Å². The third kappa shape index (κ3) is 3.03. The van der Waals surface area contributed by atoms with Gasteiger partial charge < -0.3 is 10.3 Å². The summed E-state index contributed by atoms with van der Waals surface area (Å²) < 4.78 is 0. The van der Waals surface area contributed by atoms with Crippen LogP contribution >= 0.6 is 11.6 Å². The molecule has 0 aliphatic heterocycles. The summed E-state index contributed by atoms with van der Waals surface area (Å²) in [5.74, 6) is 0.614. The van der Waals surface area contributed by atoms with Crippen LogP contribution in [0.3, 0.4) is 0 Å². The summed E-state index contributed by atoms with van der Waals surface area (Å²) in [7, 11) is 0. The number of aromatic nitrogens is 2. The third-order valence-corrected chi connectivity index (χ3v) is 3.95. The van der Waals surface area contributed by atoms with E-state index >= 15 is 0 Å². The molecule has 4 nitrogen and oxygen atoms in total. The molecular formula is C17H16ClN3O. The molecule has 2 N–H and O–H groups in total. The molecule has 5 heteroatoms. The zero-order valence-electron chi connectivity index (χ0n) is 12.1. The van der Waals surface area contributed by atoms with Crippen molar-refractivity contribution in [2.24, 2.45) is 0 Å². The molecule has 3 rings (SSSR count). The summed E-state index contributed by atoms with van der Waals surface area (Å²) in [5, 5.41) is 4.66. The van der Waals surface area contributed by atoms with Crippen LogP contribution in [0.15, 0.2) is 53.3 Å². The van der Waals surface area contributed by atoms with E-state index in [9.17, 15) is 4.79 Å². The van der Waals surface area contributed by atoms with Crippen molar-refractivity contribution in [1.29, 1.82) is 0 Å². The summed E-state index contributed by atoms with van der Waals surface area (Å²) in [5.41, 5.74) is 1.61. The van der Waals surface area contributed by atoms with Crippen LogP contribution in [0, 0.1) is 0 Å². The Kier molecular flexibility index (Phi) is 4.22. The normalized spacial score (nSPS) is 12.5. The van der Waals surface area contributed by atoms with Crippen LogP contribution in [0.1, 0.15) is 24.4 Å². The average molecular weight is 314 g/mol. The Morgan fingerprint density at radius 1 is 1.18 bits per heavy atom. The summed E-state index contributed by atoms with van der Waals surface area (Å²) in [6, 6.07) is 15.1. The van der Waals surface area contributed by atoms with Gasteiger partial charge >= 0.3 is 0 Å². The summed E-state index contributed by atoms with van der Waals surface area (Å²) in [6.07, 6.45) is 0. The van der Waals surface area contributed by atoms with Crippen LogP contribution in [0.4, 0.5) is 0 Å². The molecule has 1 atom stereocenters. The molecule has 0 saturated carbocycles. The van der Waals surface area contributed by atoms with Gasteiger partial charge in [0.15, 0.2) is 0 Å². The van der Waals surface area contributed by atoms with E-state index in [4.69, 9.17) is 11.6 Å². The molecule has 1 heterocycles. The zero-order valence-corrected chi connectivity index (χ0v) is 12.9. The Morgan fingerprint density at radius 2 is 1.91 bits per heavy atom. The quantitative estimate of drug-likeness (QED) is 0.776. The highest BCUT2D eigenvalue weighted by Gasteiger charge is 2.09. The van der Waals surface area contributed by atoms with Gasteiger partial charge in [-0.05, 0) is 30.7 Å². The average Bonchev–Trinajstić information content (AvgIpc) is 2.53. The van der Waals surface area contributed by atoms with E-state index in [0.29, 0.717) is 23.3 Å². The molecule has 0 saturated heterocycles. The molecule has 1 aromatic heterocycles. The van der Waals surface area contributed by atoms with Gasteiger partial charge in [0, 0.05) is 11.1 Å². The number of aromatic amines is 1. The Balaban J connectivity index is 1.79. The van der Waals surface area contributed by atoms with Gasteiger partial charge in [-0.3, -0.25) is 4.79 Å². The van der Waals surface area contributed by atoms with E-state index in [1.165, 1.54) is 0 Å². The molecule has 0 amide bonds. The number of nitrogens with one attached hydrogen (secondary N) is 2. The highest BCUT2D eigenvalue weighted by atomic mass is 35.5. The smallest absolute Gasteiger partial charge is 0.258 e. The first kappa shape index (κ1) is 14.8. The van der Waals surface area contributed by atoms with E-state index in [-0.39, 0.29) is 11.6 Å². The van der Waals surface area contributed by atoms with Crippen LogP contribution in [-0.2, 0) is 6.54 Å². The molecule has 2 aromatic carbocycles. The number of para-hydroxylation sites is 1. The second-order valence-corrected chi connectivity index (χ2v) is 5.56. The molecule has 112 valence electrons.